The lowest BCUT2D eigenvalue weighted by molar-refractivity contribution is 0.587. The molecule has 0 aliphatic rings. The molecule has 2 aromatic carbocycles. The zero-order chi connectivity index (χ0) is 20.5. The lowest BCUT2D eigenvalue weighted by atomic mass is 9.87. The summed E-state index contributed by atoms with van der Waals surface area (Å²) >= 11 is 6.12. The van der Waals surface area contributed by atoms with Gasteiger partial charge in [0.25, 0.3) is 10.0 Å². The molecule has 0 aliphatic heterocycles. The van der Waals surface area contributed by atoms with E-state index in [0.29, 0.717) is 27.7 Å². The fourth-order valence-corrected chi connectivity index (χ4v) is 4.03. The van der Waals surface area contributed by atoms with Crippen molar-refractivity contribution in [3.63, 3.8) is 0 Å². The zero-order valence-corrected chi connectivity index (χ0v) is 17.5. The molecule has 1 heterocycles. The molecule has 1 aromatic heterocycles. The quantitative estimate of drug-likeness (QED) is 0.622. The second-order valence-corrected chi connectivity index (χ2v) is 9.63. The summed E-state index contributed by atoms with van der Waals surface area (Å²) in [5.41, 5.74) is 8.78. The fraction of sp³-hybridized carbons (Fsp3) is 0.190. The number of pyridine rings is 1. The summed E-state index contributed by atoms with van der Waals surface area (Å²) in [6, 6.07) is 15.1. The number of sulfonamides is 1. The van der Waals surface area contributed by atoms with Crippen molar-refractivity contribution in [3.05, 3.63) is 71.4 Å². The number of halogens is 1. The molecule has 146 valence electrons. The largest absolute Gasteiger partial charge is 0.397 e. The highest BCUT2D eigenvalue weighted by atomic mass is 35.5. The van der Waals surface area contributed by atoms with Gasteiger partial charge in [0.2, 0.25) is 0 Å². The lowest BCUT2D eigenvalue weighted by Gasteiger charge is -2.19. The number of nitrogens with two attached hydrogens (primary N) is 1. The predicted molar refractivity (Wildman–Crippen MR) is 115 cm³/mol. The number of hydrogen-bond donors (Lipinski definition) is 2. The Kier molecular flexibility index (Phi) is 5.37. The Balaban J connectivity index is 2.01. The molecule has 0 atom stereocenters. The van der Waals surface area contributed by atoms with Crippen LogP contribution in [0.15, 0.2) is 65.7 Å². The number of hydrogen-bond acceptors (Lipinski definition) is 4. The zero-order valence-electron chi connectivity index (χ0n) is 15.9. The molecular weight excluding hydrogens is 394 g/mol. The molecule has 0 fully saturated rings. The summed E-state index contributed by atoms with van der Waals surface area (Å²) < 4.78 is 28.5. The maximum absolute atomic E-state index is 12.9. The molecule has 0 unspecified atom stereocenters. The molecule has 7 heteroatoms. The van der Waals surface area contributed by atoms with E-state index in [-0.39, 0.29) is 10.3 Å². The highest BCUT2D eigenvalue weighted by Crippen LogP contribution is 2.34. The van der Waals surface area contributed by atoms with Crippen LogP contribution in [0.1, 0.15) is 26.3 Å². The molecule has 0 spiro atoms. The van der Waals surface area contributed by atoms with Gasteiger partial charge in [0.1, 0.15) is 0 Å². The summed E-state index contributed by atoms with van der Waals surface area (Å²) in [7, 11) is -3.79. The third-order valence-electron chi connectivity index (χ3n) is 4.35. The monoisotopic (exact) mass is 415 g/mol. The first-order valence-electron chi connectivity index (χ1n) is 8.72. The lowest BCUT2D eigenvalue weighted by Crippen LogP contribution is -2.15. The fourth-order valence-electron chi connectivity index (χ4n) is 2.78. The number of nitrogens with zero attached hydrogens (tertiary/aromatic N) is 1. The van der Waals surface area contributed by atoms with Gasteiger partial charge in [-0.3, -0.25) is 9.71 Å². The Morgan fingerprint density at radius 3 is 2.32 bits per heavy atom. The van der Waals surface area contributed by atoms with E-state index in [1.165, 1.54) is 0 Å². The van der Waals surface area contributed by atoms with E-state index in [1.54, 1.807) is 48.7 Å². The standard InChI is InChI=1S/C21H22ClN3O2S/c1-21(2,3)14-6-9-16(10-7-14)28(26,27)25-19-11-8-15(22)13-17(19)20-18(23)5-4-12-24-20/h4-13,25H,23H2,1-3H3. The summed E-state index contributed by atoms with van der Waals surface area (Å²) in [5.74, 6) is 0. The Hall–Kier alpha value is -2.57. The highest BCUT2D eigenvalue weighted by Gasteiger charge is 2.20. The highest BCUT2D eigenvalue weighted by molar-refractivity contribution is 7.92. The van der Waals surface area contributed by atoms with Crippen LogP contribution in [0.3, 0.4) is 0 Å². The third kappa shape index (κ3) is 4.29. The first-order chi connectivity index (χ1) is 13.1. The van der Waals surface area contributed by atoms with Gasteiger partial charge in [-0.15, -0.1) is 0 Å². The van der Waals surface area contributed by atoms with Gasteiger partial charge in [-0.25, -0.2) is 8.42 Å². The van der Waals surface area contributed by atoms with Crippen molar-refractivity contribution in [1.82, 2.24) is 4.98 Å². The van der Waals surface area contributed by atoms with Gasteiger partial charge in [0.05, 0.1) is 22.0 Å². The van der Waals surface area contributed by atoms with E-state index >= 15 is 0 Å². The molecule has 5 nitrogen and oxygen atoms in total. The van der Waals surface area contributed by atoms with Crippen LogP contribution < -0.4 is 10.5 Å². The van der Waals surface area contributed by atoms with Gasteiger partial charge in [-0.1, -0.05) is 44.5 Å². The number of aromatic nitrogens is 1. The first-order valence-corrected chi connectivity index (χ1v) is 10.6. The normalized spacial score (nSPS) is 12.0. The molecule has 0 saturated heterocycles. The van der Waals surface area contributed by atoms with E-state index in [2.05, 4.69) is 30.5 Å². The molecule has 0 saturated carbocycles. The average Bonchev–Trinajstić information content (AvgIpc) is 2.63. The van der Waals surface area contributed by atoms with Crippen LogP contribution in [0, 0.1) is 0 Å². The second-order valence-electron chi connectivity index (χ2n) is 7.51. The summed E-state index contributed by atoms with van der Waals surface area (Å²) in [6.07, 6.45) is 1.59. The van der Waals surface area contributed by atoms with Crippen molar-refractivity contribution < 1.29 is 8.42 Å². The Morgan fingerprint density at radius 2 is 1.71 bits per heavy atom. The van der Waals surface area contributed by atoms with Crippen molar-refractivity contribution in [3.8, 4) is 11.3 Å². The molecule has 0 bridgehead atoms. The Morgan fingerprint density at radius 1 is 1.04 bits per heavy atom. The van der Waals surface area contributed by atoms with Gasteiger partial charge in [-0.05, 0) is 53.4 Å². The maximum Gasteiger partial charge on any atom is 0.261 e. The molecule has 28 heavy (non-hydrogen) atoms. The summed E-state index contributed by atoms with van der Waals surface area (Å²) in [5, 5.41) is 0.456. The summed E-state index contributed by atoms with van der Waals surface area (Å²) in [6.45, 7) is 6.23. The number of rotatable bonds is 4. The number of anilines is 2. The third-order valence-corrected chi connectivity index (χ3v) is 5.97. The van der Waals surface area contributed by atoms with Crippen LogP contribution in [0.2, 0.25) is 5.02 Å². The molecule has 3 rings (SSSR count). The molecule has 3 aromatic rings. The van der Waals surface area contributed by atoms with Gasteiger partial charge >= 0.3 is 0 Å². The van der Waals surface area contributed by atoms with Crippen molar-refractivity contribution in [2.24, 2.45) is 0 Å². The van der Waals surface area contributed by atoms with Gasteiger partial charge < -0.3 is 5.73 Å². The minimum Gasteiger partial charge on any atom is -0.397 e. The number of nitrogen functional groups attached to an aromatic ring is 1. The van der Waals surface area contributed by atoms with Crippen LogP contribution in [0.25, 0.3) is 11.3 Å². The Bertz CT molecular complexity index is 1110. The van der Waals surface area contributed by atoms with E-state index in [0.717, 1.165) is 5.56 Å². The topological polar surface area (TPSA) is 85.1 Å². The molecule has 0 radical (unpaired) electrons. The minimum absolute atomic E-state index is 0.0599. The molecule has 0 aliphatic carbocycles. The molecular formula is C21H22ClN3O2S. The molecule has 3 N–H and O–H groups in total. The first kappa shape index (κ1) is 20.2. The SMILES string of the molecule is CC(C)(C)c1ccc(S(=O)(=O)Nc2ccc(Cl)cc2-c2ncccc2N)cc1. The molecule has 0 amide bonds. The van der Waals surface area contributed by atoms with Gasteiger partial charge in [0, 0.05) is 16.8 Å². The van der Waals surface area contributed by atoms with Crippen LogP contribution in [-0.2, 0) is 15.4 Å². The van der Waals surface area contributed by atoms with Crippen molar-refractivity contribution in [1.29, 1.82) is 0 Å². The van der Waals surface area contributed by atoms with E-state index in [9.17, 15) is 8.42 Å². The van der Waals surface area contributed by atoms with Gasteiger partial charge in [0.15, 0.2) is 0 Å². The second kappa shape index (κ2) is 7.45. The van der Waals surface area contributed by atoms with Crippen molar-refractivity contribution >= 4 is 33.0 Å². The smallest absolute Gasteiger partial charge is 0.261 e. The Labute approximate surface area is 170 Å². The maximum atomic E-state index is 12.9. The van der Waals surface area contributed by atoms with Crippen LogP contribution in [0.5, 0.6) is 0 Å². The van der Waals surface area contributed by atoms with Crippen LogP contribution in [-0.4, -0.2) is 13.4 Å². The minimum atomic E-state index is -3.79. The van der Waals surface area contributed by atoms with Crippen molar-refractivity contribution in [2.45, 2.75) is 31.1 Å². The number of benzene rings is 2. The average molecular weight is 416 g/mol. The number of nitrogens with one attached hydrogen (secondary N) is 1. The summed E-state index contributed by atoms with van der Waals surface area (Å²) in [4.78, 5) is 4.45. The predicted octanol–water partition coefficient (Wildman–Crippen LogP) is 5.08. The van der Waals surface area contributed by atoms with Gasteiger partial charge in [-0.2, -0.15) is 0 Å². The van der Waals surface area contributed by atoms with E-state index in [1.807, 2.05) is 12.1 Å². The van der Waals surface area contributed by atoms with Crippen LogP contribution in [0.4, 0.5) is 11.4 Å². The van der Waals surface area contributed by atoms with Crippen molar-refractivity contribution in [2.75, 3.05) is 10.5 Å². The van der Waals surface area contributed by atoms with E-state index in [4.69, 9.17) is 17.3 Å². The van der Waals surface area contributed by atoms with E-state index < -0.39 is 10.0 Å². The van der Waals surface area contributed by atoms with Crippen LogP contribution >= 0.6 is 11.6 Å².